The Balaban J connectivity index is 1.59. The van der Waals surface area contributed by atoms with Crippen molar-refractivity contribution in [1.29, 1.82) is 0 Å². The summed E-state index contributed by atoms with van der Waals surface area (Å²) in [6.45, 7) is 1.65. The molecule has 0 spiro atoms. The van der Waals surface area contributed by atoms with Gasteiger partial charge in [0.05, 0.1) is 40.3 Å². The highest BCUT2D eigenvalue weighted by Crippen LogP contribution is 2.27. The molecular weight excluding hydrogens is 473 g/mol. The van der Waals surface area contributed by atoms with E-state index in [0.29, 0.717) is 22.4 Å². The Morgan fingerprint density at radius 1 is 1.03 bits per heavy atom. The second-order valence-electron chi connectivity index (χ2n) is 8.48. The SMILES string of the molecule is Cc1cc(-c2cnn3ccccc23)ncc1-n1c(=O)n(CC(=O)NCC(F)(F)F)c2cccc(C)c21. The number of alkyl halides is 3. The number of carbonyl (C=O) groups excluding carboxylic acids is 1. The number of nitrogens with one attached hydrogen (secondary N) is 1. The van der Waals surface area contributed by atoms with Crippen LogP contribution in [0.1, 0.15) is 11.1 Å². The first-order valence-electron chi connectivity index (χ1n) is 11.1. The molecule has 0 aliphatic rings. The minimum absolute atomic E-state index is 0.438. The molecule has 0 fully saturated rings. The number of aromatic nitrogens is 5. The lowest BCUT2D eigenvalue weighted by Crippen LogP contribution is -2.38. The van der Waals surface area contributed by atoms with E-state index in [9.17, 15) is 22.8 Å². The predicted octanol–water partition coefficient (Wildman–Crippen LogP) is 3.80. The second kappa shape index (κ2) is 8.67. The maximum Gasteiger partial charge on any atom is 0.405 e. The molecule has 5 rings (SSSR count). The van der Waals surface area contributed by atoms with Gasteiger partial charge in [-0.1, -0.05) is 18.2 Å². The second-order valence-corrected chi connectivity index (χ2v) is 8.48. The number of para-hydroxylation sites is 1. The largest absolute Gasteiger partial charge is 0.405 e. The van der Waals surface area contributed by atoms with E-state index in [2.05, 4.69) is 10.1 Å². The summed E-state index contributed by atoms with van der Waals surface area (Å²) < 4.78 is 42.0. The Kier molecular flexibility index (Phi) is 5.62. The van der Waals surface area contributed by atoms with Crippen LogP contribution in [0.3, 0.4) is 0 Å². The van der Waals surface area contributed by atoms with Crippen molar-refractivity contribution in [1.82, 2.24) is 29.0 Å². The lowest BCUT2D eigenvalue weighted by Gasteiger charge is -2.10. The standard InChI is InChI=1S/C25H21F3N6O2/c1-15-6-5-8-20-23(15)34(24(36)32(20)13-22(35)30-14-25(26,27)28)21-12-29-18(10-16(21)2)17-11-31-33-9-4-3-7-19(17)33/h3-12H,13-14H2,1-2H3,(H,30,35). The van der Waals surface area contributed by atoms with Gasteiger partial charge in [-0.15, -0.1) is 0 Å². The van der Waals surface area contributed by atoms with Crippen LogP contribution in [0.4, 0.5) is 13.2 Å². The van der Waals surface area contributed by atoms with Crippen LogP contribution < -0.4 is 11.0 Å². The van der Waals surface area contributed by atoms with Crippen LogP contribution in [-0.2, 0) is 11.3 Å². The highest BCUT2D eigenvalue weighted by Gasteiger charge is 2.28. The summed E-state index contributed by atoms with van der Waals surface area (Å²) in [6.07, 6.45) is 0.593. The van der Waals surface area contributed by atoms with Crippen molar-refractivity contribution in [3.8, 4) is 16.9 Å². The molecule has 11 heteroatoms. The molecule has 184 valence electrons. The van der Waals surface area contributed by atoms with Crippen LogP contribution in [0, 0.1) is 13.8 Å². The van der Waals surface area contributed by atoms with Gasteiger partial charge in [-0.3, -0.25) is 18.9 Å². The number of carbonyl (C=O) groups is 1. The molecule has 0 saturated heterocycles. The van der Waals surface area contributed by atoms with Gasteiger partial charge in [0.1, 0.15) is 13.1 Å². The normalized spacial score (nSPS) is 11.9. The molecule has 1 amide bonds. The predicted molar refractivity (Wildman–Crippen MR) is 128 cm³/mol. The number of pyridine rings is 2. The topological polar surface area (TPSA) is 86.2 Å². The summed E-state index contributed by atoms with van der Waals surface area (Å²) in [5.74, 6) is -0.909. The number of halogens is 3. The lowest BCUT2D eigenvalue weighted by molar-refractivity contribution is -0.138. The number of benzene rings is 1. The number of hydrogen-bond acceptors (Lipinski definition) is 4. The molecule has 0 saturated carbocycles. The maximum absolute atomic E-state index is 13.5. The Hall–Kier alpha value is -4.41. The van der Waals surface area contributed by atoms with E-state index in [1.165, 1.54) is 9.13 Å². The fourth-order valence-electron chi connectivity index (χ4n) is 4.31. The fraction of sp³-hybridized carbons (Fsp3) is 0.200. The average Bonchev–Trinajstić information content (AvgIpc) is 3.38. The van der Waals surface area contributed by atoms with Gasteiger partial charge >= 0.3 is 11.9 Å². The van der Waals surface area contributed by atoms with Gasteiger partial charge in [-0.25, -0.2) is 9.31 Å². The summed E-state index contributed by atoms with van der Waals surface area (Å²) >= 11 is 0. The highest BCUT2D eigenvalue weighted by molar-refractivity contribution is 5.85. The Bertz CT molecular complexity index is 1680. The van der Waals surface area contributed by atoms with E-state index in [1.54, 1.807) is 29.0 Å². The molecule has 0 atom stereocenters. The summed E-state index contributed by atoms with van der Waals surface area (Å²) in [5.41, 5.74) is 4.87. The van der Waals surface area contributed by atoms with E-state index in [1.807, 2.05) is 55.7 Å². The fourth-order valence-corrected chi connectivity index (χ4v) is 4.31. The minimum atomic E-state index is -4.54. The van der Waals surface area contributed by atoms with Gasteiger partial charge < -0.3 is 5.32 Å². The van der Waals surface area contributed by atoms with E-state index in [0.717, 1.165) is 22.2 Å². The Morgan fingerprint density at radius 2 is 1.81 bits per heavy atom. The first-order chi connectivity index (χ1) is 17.1. The molecule has 5 aromatic rings. The number of rotatable bonds is 5. The van der Waals surface area contributed by atoms with Crippen LogP contribution in [0.15, 0.2) is 65.8 Å². The van der Waals surface area contributed by atoms with Crippen molar-refractivity contribution in [2.75, 3.05) is 6.54 Å². The third-order valence-electron chi connectivity index (χ3n) is 5.97. The molecule has 0 aliphatic carbocycles. The number of hydrogen-bond donors (Lipinski definition) is 1. The first kappa shape index (κ1) is 23.3. The molecular formula is C25H21F3N6O2. The molecule has 4 heterocycles. The van der Waals surface area contributed by atoms with Gasteiger partial charge in [0.2, 0.25) is 5.91 Å². The van der Waals surface area contributed by atoms with Crippen molar-refractivity contribution in [3.63, 3.8) is 0 Å². The summed E-state index contributed by atoms with van der Waals surface area (Å²) in [7, 11) is 0. The maximum atomic E-state index is 13.5. The zero-order valence-corrected chi connectivity index (χ0v) is 19.4. The first-order valence-corrected chi connectivity index (χ1v) is 11.1. The van der Waals surface area contributed by atoms with Crippen LogP contribution in [-0.4, -0.2) is 42.4 Å². The Labute approximate surface area is 202 Å². The molecule has 0 unspecified atom stereocenters. The number of fused-ring (bicyclic) bond motifs is 2. The third kappa shape index (κ3) is 4.12. The molecule has 36 heavy (non-hydrogen) atoms. The molecule has 8 nitrogen and oxygen atoms in total. The van der Waals surface area contributed by atoms with E-state index < -0.39 is 30.9 Å². The Morgan fingerprint density at radius 3 is 2.56 bits per heavy atom. The van der Waals surface area contributed by atoms with E-state index in [4.69, 9.17) is 0 Å². The van der Waals surface area contributed by atoms with E-state index in [-0.39, 0.29) is 0 Å². The summed E-state index contributed by atoms with van der Waals surface area (Å²) in [4.78, 5) is 30.3. The monoisotopic (exact) mass is 494 g/mol. The van der Waals surface area contributed by atoms with Crippen LogP contribution in [0.5, 0.6) is 0 Å². The van der Waals surface area contributed by atoms with Gasteiger partial charge in [-0.2, -0.15) is 18.3 Å². The summed E-state index contributed by atoms with van der Waals surface area (Å²) in [5, 5.41) is 6.17. The van der Waals surface area contributed by atoms with Crippen molar-refractivity contribution < 1.29 is 18.0 Å². The molecule has 0 radical (unpaired) electrons. The third-order valence-corrected chi connectivity index (χ3v) is 5.97. The van der Waals surface area contributed by atoms with Gasteiger partial charge in [0.25, 0.3) is 0 Å². The number of nitrogens with zero attached hydrogens (tertiary/aromatic N) is 5. The van der Waals surface area contributed by atoms with Crippen molar-refractivity contribution in [3.05, 3.63) is 82.7 Å². The summed E-state index contributed by atoms with van der Waals surface area (Å²) in [6, 6.07) is 12.8. The smallest absolute Gasteiger partial charge is 0.345 e. The van der Waals surface area contributed by atoms with Crippen LogP contribution >= 0.6 is 0 Å². The van der Waals surface area contributed by atoms with Crippen LogP contribution in [0.25, 0.3) is 33.5 Å². The lowest BCUT2D eigenvalue weighted by atomic mass is 10.1. The highest BCUT2D eigenvalue weighted by atomic mass is 19.4. The number of aryl methyl sites for hydroxylation is 2. The van der Waals surface area contributed by atoms with Gasteiger partial charge in [-0.05, 0) is 49.2 Å². The van der Waals surface area contributed by atoms with E-state index >= 15 is 0 Å². The molecule has 0 aliphatic heterocycles. The average molecular weight is 494 g/mol. The van der Waals surface area contributed by atoms with Crippen molar-refractivity contribution in [2.45, 2.75) is 26.6 Å². The molecule has 4 aromatic heterocycles. The van der Waals surface area contributed by atoms with Crippen molar-refractivity contribution in [2.24, 2.45) is 0 Å². The van der Waals surface area contributed by atoms with Gasteiger partial charge in [0.15, 0.2) is 0 Å². The number of amides is 1. The van der Waals surface area contributed by atoms with Gasteiger partial charge in [0, 0.05) is 11.8 Å². The number of imidazole rings is 1. The minimum Gasteiger partial charge on any atom is -0.345 e. The molecule has 1 aromatic carbocycles. The zero-order valence-electron chi connectivity index (χ0n) is 19.4. The van der Waals surface area contributed by atoms with Crippen LogP contribution in [0.2, 0.25) is 0 Å². The molecule has 1 N–H and O–H groups in total. The quantitative estimate of drug-likeness (QED) is 0.403. The zero-order chi connectivity index (χ0) is 25.6. The van der Waals surface area contributed by atoms with Crippen molar-refractivity contribution >= 4 is 22.5 Å². The molecule has 0 bridgehead atoms.